The Morgan fingerprint density at radius 2 is 2.11 bits per heavy atom. The molecule has 4 heteroatoms. The molecule has 4 nitrogen and oxygen atoms in total. The summed E-state index contributed by atoms with van der Waals surface area (Å²) < 4.78 is 5.54. The third-order valence-corrected chi connectivity index (χ3v) is 2.74. The van der Waals surface area contributed by atoms with E-state index in [1.165, 1.54) is 0 Å². The third kappa shape index (κ3) is 6.25. The van der Waals surface area contributed by atoms with Gasteiger partial charge >= 0.3 is 0 Å². The lowest BCUT2D eigenvalue weighted by molar-refractivity contribution is -0.126. The zero-order valence-electron chi connectivity index (χ0n) is 12.2. The molecule has 0 saturated carbocycles. The average Bonchev–Trinajstić information content (AvgIpc) is 2.27. The van der Waals surface area contributed by atoms with E-state index in [9.17, 15) is 4.79 Å². The first-order valence-electron chi connectivity index (χ1n) is 6.56. The first-order valence-corrected chi connectivity index (χ1v) is 6.56. The normalized spacial score (nSPS) is 13.1. The van der Waals surface area contributed by atoms with E-state index in [-0.39, 0.29) is 11.3 Å². The van der Waals surface area contributed by atoms with Gasteiger partial charge in [0.2, 0.25) is 0 Å². The number of hydrogen-bond donors (Lipinski definition) is 2. The van der Waals surface area contributed by atoms with Crippen LogP contribution < -0.4 is 11.1 Å². The maximum absolute atomic E-state index is 11.9. The number of ether oxygens (including phenoxy) is 1. The summed E-state index contributed by atoms with van der Waals surface area (Å²) in [5.74, 6) is -0.153. The van der Waals surface area contributed by atoms with Crippen LogP contribution in [0.25, 0.3) is 0 Å². The van der Waals surface area contributed by atoms with Gasteiger partial charge in [-0.1, -0.05) is 26.8 Å². The average molecular weight is 264 g/mol. The first kappa shape index (κ1) is 15.5. The quantitative estimate of drug-likeness (QED) is 0.803. The maximum Gasteiger partial charge on any atom is 0.253 e. The number of anilines is 2. The summed E-state index contributed by atoms with van der Waals surface area (Å²) in [5.41, 5.74) is 7.18. The second-order valence-electron chi connectivity index (χ2n) is 5.94. The molecule has 0 bridgehead atoms. The molecule has 0 heterocycles. The summed E-state index contributed by atoms with van der Waals surface area (Å²) in [6.45, 7) is 8.77. The van der Waals surface area contributed by atoms with Crippen molar-refractivity contribution in [2.45, 2.75) is 40.2 Å². The molecule has 0 spiro atoms. The Morgan fingerprint density at radius 1 is 1.42 bits per heavy atom. The summed E-state index contributed by atoms with van der Waals surface area (Å²) in [6.07, 6.45) is 0.451. The molecule has 0 saturated heterocycles. The van der Waals surface area contributed by atoms with Crippen molar-refractivity contribution in [2.75, 3.05) is 17.7 Å². The molecule has 0 aliphatic heterocycles. The minimum Gasteiger partial charge on any atom is -0.399 e. The van der Waals surface area contributed by atoms with Crippen LogP contribution in [0.5, 0.6) is 0 Å². The molecule has 106 valence electrons. The molecule has 0 aromatic heterocycles. The van der Waals surface area contributed by atoms with Crippen molar-refractivity contribution >= 4 is 17.3 Å². The number of carbonyl (C=O) groups is 1. The Morgan fingerprint density at radius 3 is 2.68 bits per heavy atom. The first-order chi connectivity index (χ1) is 8.78. The fourth-order valence-electron chi connectivity index (χ4n) is 1.48. The standard InChI is InChI=1S/C15H24N2O2/c1-11(19-9-8-15(2,3)4)14(18)17-13-7-5-6-12(16)10-13/h5-7,10-11H,8-9,16H2,1-4H3,(H,17,18). The summed E-state index contributed by atoms with van der Waals surface area (Å²) in [6, 6.07) is 7.10. The van der Waals surface area contributed by atoms with Gasteiger partial charge in [-0.25, -0.2) is 0 Å². The highest BCUT2D eigenvalue weighted by Crippen LogP contribution is 2.18. The zero-order chi connectivity index (χ0) is 14.5. The molecule has 1 amide bonds. The predicted molar refractivity (Wildman–Crippen MR) is 79.0 cm³/mol. The second-order valence-corrected chi connectivity index (χ2v) is 5.94. The highest BCUT2D eigenvalue weighted by molar-refractivity contribution is 5.94. The largest absolute Gasteiger partial charge is 0.399 e. The van der Waals surface area contributed by atoms with E-state index in [0.717, 1.165) is 6.42 Å². The number of amides is 1. The van der Waals surface area contributed by atoms with Crippen molar-refractivity contribution in [1.29, 1.82) is 0 Å². The summed E-state index contributed by atoms with van der Waals surface area (Å²) >= 11 is 0. The van der Waals surface area contributed by atoms with Crippen molar-refractivity contribution in [3.8, 4) is 0 Å². The Kier molecular flexibility index (Phi) is 5.36. The van der Waals surface area contributed by atoms with Crippen molar-refractivity contribution in [3.63, 3.8) is 0 Å². The molecule has 1 aromatic rings. The molecule has 0 radical (unpaired) electrons. The lowest BCUT2D eigenvalue weighted by atomic mass is 9.93. The van der Waals surface area contributed by atoms with Crippen LogP contribution >= 0.6 is 0 Å². The number of benzene rings is 1. The Bertz CT molecular complexity index is 424. The van der Waals surface area contributed by atoms with Gasteiger partial charge in [-0.05, 0) is 37.0 Å². The second kappa shape index (κ2) is 6.57. The van der Waals surface area contributed by atoms with Gasteiger partial charge in [0, 0.05) is 18.0 Å². The van der Waals surface area contributed by atoms with E-state index < -0.39 is 6.10 Å². The lowest BCUT2D eigenvalue weighted by Gasteiger charge is -2.20. The molecule has 0 fully saturated rings. The van der Waals surface area contributed by atoms with Gasteiger partial charge in [-0.15, -0.1) is 0 Å². The molecule has 3 N–H and O–H groups in total. The van der Waals surface area contributed by atoms with E-state index in [4.69, 9.17) is 10.5 Å². The van der Waals surface area contributed by atoms with Crippen LogP contribution in [0.4, 0.5) is 11.4 Å². The van der Waals surface area contributed by atoms with Gasteiger partial charge < -0.3 is 15.8 Å². The minimum absolute atomic E-state index is 0.153. The van der Waals surface area contributed by atoms with E-state index in [1.807, 2.05) is 0 Å². The van der Waals surface area contributed by atoms with Gasteiger partial charge in [0.25, 0.3) is 5.91 Å². The van der Waals surface area contributed by atoms with Crippen molar-refractivity contribution < 1.29 is 9.53 Å². The van der Waals surface area contributed by atoms with Crippen LogP contribution in [0.3, 0.4) is 0 Å². The van der Waals surface area contributed by atoms with Crippen molar-refractivity contribution in [3.05, 3.63) is 24.3 Å². The predicted octanol–water partition coefficient (Wildman–Crippen LogP) is 3.05. The number of nitrogens with two attached hydrogens (primary N) is 1. The Balaban J connectivity index is 2.41. The minimum atomic E-state index is -0.469. The number of carbonyl (C=O) groups excluding carboxylic acids is 1. The maximum atomic E-state index is 11.9. The molecule has 1 aromatic carbocycles. The van der Waals surface area contributed by atoms with Gasteiger partial charge in [-0.3, -0.25) is 4.79 Å². The highest BCUT2D eigenvalue weighted by Gasteiger charge is 2.16. The number of nitrogens with one attached hydrogen (secondary N) is 1. The molecule has 1 unspecified atom stereocenters. The van der Waals surface area contributed by atoms with Crippen LogP contribution in [-0.4, -0.2) is 18.6 Å². The fourth-order valence-corrected chi connectivity index (χ4v) is 1.48. The molecule has 0 aliphatic rings. The molecule has 1 rings (SSSR count). The molecule has 1 atom stereocenters. The Labute approximate surface area is 115 Å². The topological polar surface area (TPSA) is 64.3 Å². The third-order valence-electron chi connectivity index (χ3n) is 2.74. The van der Waals surface area contributed by atoms with Gasteiger partial charge in [0.15, 0.2) is 0 Å². The van der Waals surface area contributed by atoms with Crippen molar-refractivity contribution in [2.24, 2.45) is 5.41 Å². The monoisotopic (exact) mass is 264 g/mol. The van der Waals surface area contributed by atoms with Crippen LogP contribution in [0.1, 0.15) is 34.1 Å². The number of nitrogen functional groups attached to an aromatic ring is 1. The molecular weight excluding hydrogens is 240 g/mol. The summed E-state index contributed by atoms with van der Waals surface area (Å²) in [5, 5.41) is 2.79. The molecule has 0 aliphatic carbocycles. The molecular formula is C15H24N2O2. The highest BCUT2D eigenvalue weighted by atomic mass is 16.5. The smallest absolute Gasteiger partial charge is 0.253 e. The van der Waals surface area contributed by atoms with Gasteiger partial charge in [-0.2, -0.15) is 0 Å². The molecule has 19 heavy (non-hydrogen) atoms. The van der Waals surface area contributed by atoms with E-state index in [1.54, 1.807) is 31.2 Å². The zero-order valence-corrected chi connectivity index (χ0v) is 12.2. The lowest BCUT2D eigenvalue weighted by Crippen LogP contribution is -2.28. The fraction of sp³-hybridized carbons (Fsp3) is 0.533. The van der Waals surface area contributed by atoms with Gasteiger partial charge in [0.1, 0.15) is 6.10 Å². The Hall–Kier alpha value is -1.55. The summed E-state index contributed by atoms with van der Waals surface area (Å²) in [7, 11) is 0. The van der Waals surface area contributed by atoms with Crippen molar-refractivity contribution in [1.82, 2.24) is 0 Å². The van der Waals surface area contributed by atoms with E-state index in [0.29, 0.717) is 18.0 Å². The van der Waals surface area contributed by atoms with Crippen LogP contribution in [0.15, 0.2) is 24.3 Å². The van der Waals surface area contributed by atoms with Gasteiger partial charge in [0.05, 0.1) is 0 Å². The number of hydrogen-bond acceptors (Lipinski definition) is 3. The SMILES string of the molecule is CC(OCCC(C)(C)C)C(=O)Nc1cccc(N)c1. The van der Waals surface area contributed by atoms with Crippen LogP contribution in [0.2, 0.25) is 0 Å². The van der Waals surface area contributed by atoms with E-state index in [2.05, 4.69) is 26.1 Å². The summed E-state index contributed by atoms with van der Waals surface area (Å²) in [4.78, 5) is 11.9. The van der Waals surface area contributed by atoms with Crippen LogP contribution in [-0.2, 0) is 9.53 Å². The number of rotatable bonds is 5. The van der Waals surface area contributed by atoms with Crippen LogP contribution in [0, 0.1) is 5.41 Å². The van der Waals surface area contributed by atoms with E-state index >= 15 is 0 Å².